The highest BCUT2D eigenvalue weighted by Crippen LogP contribution is 2.11. The van der Waals surface area contributed by atoms with Crippen molar-refractivity contribution in [2.75, 3.05) is 18.5 Å². The quantitative estimate of drug-likeness (QED) is 0.835. The molecule has 0 aromatic heterocycles. The first kappa shape index (κ1) is 10.8. The molecule has 1 rings (SSSR count). The Balaban J connectivity index is 2.41. The van der Waals surface area contributed by atoms with Gasteiger partial charge in [-0.1, -0.05) is 6.92 Å². The molecule has 0 saturated carbocycles. The Labute approximate surface area is 92.5 Å². The third kappa shape index (κ3) is 3.95. The van der Waals surface area contributed by atoms with Gasteiger partial charge in [0.15, 0.2) is 0 Å². The molecule has 0 aliphatic rings. The lowest BCUT2D eigenvalue weighted by Crippen LogP contribution is -2.14. The van der Waals surface area contributed by atoms with Crippen molar-refractivity contribution in [1.29, 1.82) is 0 Å². The maximum absolute atomic E-state index is 8.82. The maximum atomic E-state index is 8.82. The lowest BCUT2D eigenvalue weighted by atomic mass is 10.2. The van der Waals surface area contributed by atoms with E-state index in [0.717, 1.165) is 12.2 Å². The Morgan fingerprint density at radius 2 is 2.00 bits per heavy atom. The Hall–Kier alpha value is -0.290. The molecule has 1 aromatic rings. The Morgan fingerprint density at radius 1 is 1.38 bits per heavy atom. The van der Waals surface area contributed by atoms with Crippen LogP contribution in [0.1, 0.15) is 6.92 Å². The molecule has 3 heteroatoms. The molecule has 0 fully saturated rings. The zero-order chi connectivity index (χ0) is 9.68. The molecule has 0 saturated heterocycles. The number of aliphatic hydroxyl groups is 1. The predicted molar refractivity (Wildman–Crippen MR) is 63.9 cm³/mol. The first-order valence-corrected chi connectivity index (χ1v) is 5.40. The fraction of sp³-hybridized carbons (Fsp3) is 0.400. The van der Waals surface area contributed by atoms with E-state index in [1.807, 2.05) is 19.1 Å². The van der Waals surface area contributed by atoms with Gasteiger partial charge in [0, 0.05) is 22.4 Å². The van der Waals surface area contributed by atoms with Gasteiger partial charge in [0.05, 0.1) is 0 Å². The minimum atomic E-state index is 0.234. The van der Waals surface area contributed by atoms with Crippen LogP contribution < -0.4 is 5.32 Å². The Kier molecular flexibility index (Phi) is 4.52. The third-order valence-corrected chi connectivity index (χ3v) is 2.53. The number of aliphatic hydroxyl groups excluding tert-OH is 1. The summed E-state index contributed by atoms with van der Waals surface area (Å²) in [5, 5.41) is 12.1. The summed E-state index contributed by atoms with van der Waals surface area (Å²) < 4.78 is 1.23. The minimum Gasteiger partial charge on any atom is -0.396 e. The molecule has 1 atom stereocenters. The second kappa shape index (κ2) is 5.44. The monoisotopic (exact) mass is 291 g/mol. The van der Waals surface area contributed by atoms with Crippen LogP contribution in [-0.2, 0) is 0 Å². The lowest BCUT2D eigenvalue weighted by molar-refractivity contribution is 0.244. The van der Waals surface area contributed by atoms with Crippen molar-refractivity contribution in [2.45, 2.75) is 6.92 Å². The fourth-order valence-electron chi connectivity index (χ4n) is 0.924. The lowest BCUT2D eigenvalue weighted by Gasteiger charge is -2.10. The Bertz CT molecular complexity index is 248. The first-order valence-electron chi connectivity index (χ1n) is 4.32. The third-order valence-electron chi connectivity index (χ3n) is 1.81. The van der Waals surface area contributed by atoms with Crippen LogP contribution in [0.2, 0.25) is 0 Å². The van der Waals surface area contributed by atoms with Crippen molar-refractivity contribution in [3.8, 4) is 0 Å². The van der Waals surface area contributed by atoms with Gasteiger partial charge in [0.25, 0.3) is 0 Å². The minimum absolute atomic E-state index is 0.234. The summed E-state index contributed by atoms with van der Waals surface area (Å²) in [6.45, 7) is 3.06. The first-order chi connectivity index (χ1) is 6.22. The number of hydrogen-bond donors (Lipinski definition) is 2. The zero-order valence-electron chi connectivity index (χ0n) is 7.63. The van der Waals surface area contributed by atoms with Gasteiger partial charge in [-0.25, -0.2) is 0 Å². The molecule has 0 bridgehead atoms. The van der Waals surface area contributed by atoms with Crippen LogP contribution in [0.4, 0.5) is 5.69 Å². The summed E-state index contributed by atoms with van der Waals surface area (Å²) in [7, 11) is 0. The van der Waals surface area contributed by atoms with Gasteiger partial charge in [-0.15, -0.1) is 0 Å². The smallest absolute Gasteiger partial charge is 0.0473 e. The summed E-state index contributed by atoms with van der Waals surface area (Å²) in [4.78, 5) is 0. The van der Waals surface area contributed by atoms with Crippen LogP contribution in [0, 0.1) is 9.49 Å². The summed E-state index contributed by atoms with van der Waals surface area (Å²) >= 11 is 2.28. The molecule has 1 unspecified atom stereocenters. The number of benzene rings is 1. The molecule has 2 nitrogen and oxygen atoms in total. The van der Waals surface area contributed by atoms with Crippen molar-refractivity contribution < 1.29 is 5.11 Å². The summed E-state index contributed by atoms with van der Waals surface area (Å²) in [5.41, 5.74) is 1.11. The Morgan fingerprint density at radius 3 is 2.54 bits per heavy atom. The molecule has 0 heterocycles. The van der Waals surface area contributed by atoms with Crippen molar-refractivity contribution in [1.82, 2.24) is 0 Å². The van der Waals surface area contributed by atoms with E-state index >= 15 is 0 Å². The SMILES string of the molecule is CC(CO)CNc1ccc(I)cc1. The molecule has 1 aromatic carbocycles. The van der Waals surface area contributed by atoms with E-state index in [-0.39, 0.29) is 6.61 Å². The molecule has 13 heavy (non-hydrogen) atoms. The summed E-state index contributed by atoms with van der Waals surface area (Å²) in [5.74, 6) is 0.305. The van der Waals surface area contributed by atoms with Gasteiger partial charge >= 0.3 is 0 Å². The average molecular weight is 291 g/mol. The normalized spacial score (nSPS) is 12.5. The van der Waals surface area contributed by atoms with Gasteiger partial charge in [-0.05, 0) is 52.8 Å². The highest BCUT2D eigenvalue weighted by atomic mass is 127. The van der Waals surface area contributed by atoms with Gasteiger partial charge in [-0.2, -0.15) is 0 Å². The van der Waals surface area contributed by atoms with E-state index in [4.69, 9.17) is 5.11 Å². The topological polar surface area (TPSA) is 32.3 Å². The second-order valence-corrected chi connectivity index (χ2v) is 4.42. The standard InChI is InChI=1S/C10H14INO/c1-8(7-13)6-12-10-4-2-9(11)3-5-10/h2-5,8,12-13H,6-7H2,1H3. The average Bonchev–Trinajstić information content (AvgIpc) is 2.16. The van der Waals surface area contributed by atoms with Crippen LogP contribution in [0.25, 0.3) is 0 Å². The molecule has 0 aliphatic carbocycles. The molecular formula is C10H14INO. The van der Waals surface area contributed by atoms with Crippen molar-refractivity contribution in [2.24, 2.45) is 5.92 Å². The fourth-order valence-corrected chi connectivity index (χ4v) is 1.28. The molecular weight excluding hydrogens is 277 g/mol. The molecule has 2 N–H and O–H groups in total. The molecule has 72 valence electrons. The van der Waals surface area contributed by atoms with Gasteiger partial charge in [0.1, 0.15) is 0 Å². The van der Waals surface area contributed by atoms with Gasteiger partial charge < -0.3 is 10.4 Å². The van der Waals surface area contributed by atoms with E-state index < -0.39 is 0 Å². The van der Waals surface area contributed by atoms with Crippen LogP contribution in [0.15, 0.2) is 24.3 Å². The van der Waals surface area contributed by atoms with Gasteiger partial charge in [-0.3, -0.25) is 0 Å². The van der Waals surface area contributed by atoms with E-state index in [1.54, 1.807) is 0 Å². The highest BCUT2D eigenvalue weighted by Gasteiger charge is 1.98. The van der Waals surface area contributed by atoms with E-state index in [1.165, 1.54) is 3.57 Å². The van der Waals surface area contributed by atoms with Crippen molar-refractivity contribution >= 4 is 28.3 Å². The maximum Gasteiger partial charge on any atom is 0.0473 e. The van der Waals surface area contributed by atoms with E-state index in [9.17, 15) is 0 Å². The van der Waals surface area contributed by atoms with Crippen LogP contribution in [0.5, 0.6) is 0 Å². The number of anilines is 1. The number of hydrogen-bond acceptors (Lipinski definition) is 2. The largest absolute Gasteiger partial charge is 0.396 e. The zero-order valence-corrected chi connectivity index (χ0v) is 9.78. The molecule has 0 amide bonds. The summed E-state index contributed by atoms with van der Waals surface area (Å²) in [6.07, 6.45) is 0. The molecule has 0 radical (unpaired) electrons. The van der Waals surface area contributed by atoms with Crippen molar-refractivity contribution in [3.63, 3.8) is 0 Å². The predicted octanol–water partition coefficient (Wildman–Crippen LogP) is 2.33. The number of rotatable bonds is 4. The highest BCUT2D eigenvalue weighted by molar-refractivity contribution is 14.1. The van der Waals surface area contributed by atoms with E-state index in [2.05, 4.69) is 40.0 Å². The summed E-state index contributed by atoms with van der Waals surface area (Å²) in [6, 6.07) is 8.22. The molecule has 0 spiro atoms. The van der Waals surface area contributed by atoms with Crippen molar-refractivity contribution in [3.05, 3.63) is 27.8 Å². The molecule has 0 aliphatic heterocycles. The number of halogens is 1. The number of nitrogens with one attached hydrogen (secondary N) is 1. The van der Waals surface area contributed by atoms with Gasteiger partial charge in [0.2, 0.25) is 0 Å². The van der Waals surface area contributed by atoms with Crippen LogP contribution >= 0.6 is 22.6 Å². The second-order valence-electron chi connectivity index (χ2n) is 3.18. The van der Waals surface area contributed by atoms with Crippen LogP contribution in [0.3, 0.4) is 0 Å². The van der Waals surface area contributed by atoms with Crippen LogP contribution in [-0.4, -0.2) is 18.3 Å². The van der Waals surface area contributed by atoms with E-state index in [0.29, 0.717) is 5.92 Å².